The van der Waals surface area contributed by atoms with Crippen molar-refractivity contribution >= 4 is 39.3 Å². The fraction of sp³-hybridized carbons (Fsp3) is 0.300. The summed E-state index contributed by atoms with van der Waals surface area (Å²) >= 11 is 4.99. The Balaban J connectivity index is 2.26. The zero-order valence-corrected chi connectivity index (χ0v) is 10.6. The number of fused-ring (bicyclic) bond motifs is 1. The Kier molecular flexibility index (Phi) is 3.33. The van der Waals surface area contributed by atoms with Crippen LogP contribution in [0.1, 0.15) is 0 Å². The van der Waals surface area contributed by atoms with Crippen molar-refractivity contribution in [3.63, 3.8) is 0 Å². The molecule has 0 radical (unpaired) electrons. The first-order valence-corrected chi connectivity index (χ1v) is 6.29. The number of carbonyl (C=O) groups excluding carboxylic acids is 1. The highest BCUT2D eigenvalue weighted by Crippen LogP contribution is 2.36. The molecule has 80 valence electrons. The molecule has 0 aromatic heterocycles. The third-order valence-corrected chi connectivity index (χ3v) is 3.92. The summed E-state index contributed by atoms with van der Waals surface area (Å²) in [5.74, 6) is 0.0694. The summed E-state index contributed by atoms with van der Waals surface area (Å²) in [5.41, 5.74) is 0.895. The summed E-state index contributed by atoms with van der Waals surface area (Å²) in [4.78, 5) is 12.8. The standard InChI is InChI=1S/C10H11BrN2OS/c1-12-5-9-10(14)13-7-4-6(11)2-3-8(7)15-9/h2-4,9,12H,5H2,1H3,(H,13,14). The summed E-state index contributed by atoms with van der Waals surface area (Å²) in [7, 11) is 1.85. The predicted octanol–water partition coefficient (Wildman–Crippen LogP) is 2.08. The molecule has 1 aromatic carbocycles. The Hall–Kier alpha value is -0.520. The SMILES string of the molecule is CNCC1Sc2ccc(Br)cc2NC1=O. The van der Waals surface area contributed by atoms with Gasteiger partial charge < -0.3 is 10.6 Å². The Labute approximate surface area is 101 Å². The second-order valence-corrected chi connectivity index (χ2v) is 5.45. The predicted molar refractivity (Wildman–Crippen MR) is 66.3 cm³/mol. The molecule has 3 nitrogen and oxygen atoms in total. The van der Waals surface area contributed by atoms with Crippen molar-refractivity contribution in [2.75, 3.05) is 18.9 Å². The zero-order chi connectivity index (χ0) is 10.8. The number of amides is 1. The molecular weight excluding hydrogens is 276 g/mol. The minimum absolute atomic E-state index is 0.0383. The largest absolute Gasteiger partial charge is 0.324 e. The van der Waals surface area contributed by atoms with E-state index in [4.69, 9.17) is 0 Å². The fourth-order valence-corrected chi connectivity index (χ4v) is 2.91. The molecule has 0 bridgehead atoms. The molecule has 1 aliphatic heterocycles. The van der Waals surface area contributed by atoms with Gasteiger partial charge in [-0.1, -0.05) is 15.9 Å². The van der Waals surface area contributed by atoms with Crippen LogP contribution in [0, 0.1) is 0 Å². The maximum absolute atomic E-state index is 11.7. The van der Waals surface area contributed by atoms with E-state index in [0.717, 1.165) is 15.1 Å². The number of rotatable bonds is 2. The van der Waals surface area contributed by atoms with Crippen molar-refractivity contribution in [1.82, 2.24) is 5.32 Å². The minimum atomic E-state index is -0.0383. The van der Waals surface area contributed by atoms with Gasteiger partial charge in [-0.25, -0.2) is 0 Å². The van der Waals surface area contributed by atoms with Crippen molar-refractivity contribution in [3.05, 3.63) is 22.7 Å². The van der Waals surface area contributed by atoms with Crippen LogP contribution in [-0.2, 0) is 4.79 Å². The average Bonchev–Trinajstić information content (AvgIpc) is 2.20. The van der Waals surface area contributed by atoms with Crippen LogP contribution >= 0.6 is 27.7 Å². The molecule has 2 rings (SSSR count). The smallest absolute Gasteiger partial charge is 0.239 e. The van der Waals surface area contributed by atoms with Gasteiger partial charge in [0.05, 0.1) is 5.69 Å². The molecule has 0 saturated carbocycles. The number of benzene rings is 1. The topological polar surface area (TPSA) is 41.1 Å². The number of nitrogens with one attached hydrogen (secondary N) is 2. The molecule has 1 heterocycles. The lowest BCUT2D eigenvalue weighted by molar-refractivity contribution is -0.115. The monoisotopic (exact) mass is 286 g/mol. The van der Waals surface area contributed by atoms with Gasteiger partial charge in [0.25, 0.3) is 0 Å². The van der Waals surface area contributed by atoms with Crippen molar-refractivity contribution in [2.45, 2.75) is 10.1 Å². The van der Waals surface area contributed by atoms with Gasteiger partial charge in [-0.15, -0.1) is 11.8 Å². The Bertz CT molecular complexity index is 397. The number of hydrogen-bond donors (Lipinski definition) is 2. The normalized spacial score (nSPS) is 19.6. The molecule has 0 spiro atoms. The first-order chi connectivity index (χ1) is 7.20. The second-order valence-electron chi connectivity index (χ2n) is 3.29. The van der Waals surface area contributed by atoms with E-state index in [-0.39, 0.29) is 11.2 Å². The molecule has 1 aromatic rings. The van der Waals surface area contributed by atoms with Crippen LogP contribution in [0.5, 0.6) is 0 Å². The summed E-state index contributed by atoms with van der Waals surface area (Å²) in [6.45, 7) is 0.687. The van der Waals surface area contributed by atoms with Crippen LogP contribution in [-0.4, -0.2) is 24.7 Å². The van der Waals surface area contributed by atoms with Gasteiger partial charge in [0, 0.05) is 15.9 Å². The van der Waals surface area contributed by atoms with Crippen LogP contribution in [0.15, 0.2) is 27.6 Å². The molecule has 1 aliphatic rings. The van der Waals surface area contributed by atoms with Gasteiger partial charge in [-0.05, 0) is 25.2 Å². The summed E-state index contributed by atoms with van der Waals surface area (Å²) in [6.07, 6.45) is 0. The van der Waals surface area contributed by atoms with Crippen molar-refractivity contribution in [2.24, 2.45) is 0 Å². The maximum atomic E-state index is 11.7. The summed E-state index contributed by atoms with van der Waals surface area (Å²) in [5, 5.41) is 5.89. The molecule has 1 amide bonds. The Morgan fingerprint density at radius 2 is 2.40 bits per heavy atom. The highest BCUT2D eigenvalue weighted by Gasteiger charge is 2.26. The Morgan fingerprint density at radius 3 is 3.13 bits per heavy atom. The third kappa shape index (κ3) is 2.35. The van der Waals surface area contributed by atoms with Crippen LogP contribution in [0.4, 0.5) is 5.69 Å². The van der Waals surface area contributed by atoms with Gasteiger partial charge in [0.1, 0.15) is 5.25 Å². The van der Waals surface area contributed by atoms with E-state index >= 15 is 0 Å². The zero-order valence-electron chi connectivity index (χ0n) is 8.21. The molecule has 1 atom stereocenters. The Morgan fingerprint density at radius 1 is 1.60 bits per heavy atom. The van der Waals surface area contributed by atoms with Gasteiger partial charge in [0.15, 0.2) is 0 Å². The maximum Gasteiger partial charge on any atom is 0.239 e. The summed E-state index contributed by atoms with van der Waals surface area (Å²) in [6, 6.07) is 5.93. The lowest BCUT2D eigenvalue weighted by atomic mass is 10.3. The average molecular weight is 287 g/mol. The van der Waals surface area contributed by atoms with Gasteiger partial charge >= 0.3 is 0 Å². The van der Waals surface area contributed by atoms with Crippen LogP contribution in [0.2, 0.25) is 0 Å². The third-order valence-electron chi connectivity index (χ3n) is 2.15. The van der Waals surface area contributed by atoms with Crippen LogP contribution in [0.25, 0.3) is 0 Å². The molecule has 0 saturated heterocycles. The van der Waals surface area contributed by atoms with Gasteiger partial charge in [-0.3, -0.25) is 4.79 Å². The lowest BCUT2D eigenvalue weighted by Crippen LogP contribution is -2.35. The first-order valence-electron chi connectivity index (χ1n) is 4.62. The highest BCUT2D eigenvalue weighted by atomic mass is 79.9. The molecule has 0 aliphatic carbocycles. The number of carbonyl (C=O) groups is 1. The minimum Gasteiger partial charge on any atom is -0.324 e. The van der Waals surface area contributed by atoms with E-state index in [9.17, 15) is 4.79 Å². The quantitative estimate of drug-likeness (QED) is 0.875. The number of hydrogen-bond acceptors (Lipinski definition) is 3. The molecule has 2 N–H and O–H groups in total. The van der Waals surface area contributed by atoms with Crippen molar-refractivity contribution < 1.29 is 4.79 Å². The lowest BCUT2D eigenvalue weighted by Gasteiger charge is -2.23. The fourth-order valence-electron chi connectivity index (χ4n) is 1.44. The summed E-state index contributed by atoms with van der Waals surface area (Å²) < 4.78 is 0.981. The van der Waals surface area contributed by atoms with Crippen molar-refractivity contribution in [3.8, 4) is 0 Å². The second kappa shape index (κ2) is 4.55. The van der Waals surface area contributed by atoms with E-state index in [1.807, 2.05) is 25.2 Å². The van der Waals surface area contributed by atoms with Crippen molar-refractivity contribution in [1.29, 1.82) is 0 Å². The molecule has 5 heteroatoms. The van der Waals surface area contributed by atoms with Crippen LogP contribution in [0.3, 0.4) is 0 Å². The van der Waals surface area contributed by atoms with E-state index in [1.165, 1.54) is 0 Å². The van der Waals surface area contributed by atoms with E-state index in [0.29, 0.717) is 6.54 Å². The highest BCUT2D eigenvalue weighted by molar-refractivity contribution is 9.10. The molecule has 0 fully saturated rings. The number of thioether (sulfide) groups is 1. The molecular formula is C10H11BrN2OS. The number of anilines is 1. The molecule has 1 unspecified atom stereocenters. The van der Waals surface area contributed by atoms with E-state index < -0.39 is 0 Å². The van der Waals surface area contributed by atoms with Gasteiger partial charge in [-0.2, -0.15) is 0 Å². The van der Waals surface area contributed by atoms with E-state index in [2.05, 4.69) is 26.6 Å². The first kappa shape index (κ1) is 11.0. The van der Waals surface area contributed by atoms with Crippen LogP contribution < -0.4 is 10.6 Å². The number of halogens is 1. The van der Waals surface area contributed by atoms with E-state index in [1.54, 1.807) is 11.8 Å². The molecule has 15 heavy (non-hydrogen) atoms. The van der Waals surface area contributed by atoms with Gasteiger partial charge in [0.2, 0.25) is 5.91 Å².